The van der Waals surface area contributed by atoms with E-state index >= 15 is 0 Å². The number of rotatable bonds is 4. The van der Waals surface area contributed by atoms with E-state index in [2.05, 4.69) is 34.1 Å². The van der Waals surface area contributed by atoms with Crippen LogP contribution in [0.4, 0.5) is 11.4 Å². The zero-order valence-corrected chi connectivity index (χ0v) is 15.6. The highest BCUT2D eigenvalue weighted by atomic mass is 16.1. The summed E-state index contributed by atoms with van der Waals surface area (Å²) in [4.78, 5) is 17.8. The van der Waals surface area contributed by atoms with E-state index in [-0.39, 0.29) is 11.7 Å². The minimum Gasteiger partial charge on any atom is -0.353 e. The van der Waals surface area contributed by atoms with Crippen molar-refractivity contribution in [3.63, 3.8) is 0 Å². The predicted octanol–water partition coefficient (Wildman–Crippen LogP) is 4.78. The van der Waals surface area contributed by atoms with Crippen LogP contribution < -0.4 is 9.80 Å². The molecule has 1 aliphatic rings. The van der Waals surface area contributed by atoms with Gasteiger partial charge in [-0.15, -0.1) is 0 Å². The molecule has 0 atom stereocenters. The number of anilines is 2. The zero-order valence-electron chi connectivity index (χ0n) is 15.6. The Labute approximate surface area is 160 Å². The van der Waals surface area contributed by atoms with Crippen molar-refractivity contribution in [3.8, 4) is 0 Å². The SMILES string of the molecule is Cc1ccc(C(=O)C2CN(c3ccccc3)CN(c3ccccc3)C2)cc1. The third kappa shape index (κ3) is 3.87. The number of para-hydroxylation sites is 2. The molecule has 0 bridgehead atoms. The molecule has 0 spiro atoms. The number of hydrogen-bond acceptors (Lipinski definition) is 3. The summed E-state index contributed by atoms with van der Waals surface area (Å²) in [5.41, 5.74) is 4.28. The van der Waals surface area contributed by atoms with Gasteiger partial charge in [0.05, 0.1) is 12.6 Å². The number of carbonyl (C=O) groups is 1. The van der Waals surface area contributed by atoms with E-state index < -0.39 is 0 Å². The number of hydrogen-bond donors (Lipinski definition) is 0. The van der Waals surface area contributed by atoms with Crippen molar-refractivity contribution < 1.29 is 4.79 Å². The van der Waals surface area contributed by atoms with Gasteiger partial charge in [0.2, 0.25) is 0 Å². The Morgan fingerprint density at radius 2 is 1.22 bits per heavy atom. The Morgan fingerprint density at radius 1 is 0.741 bits per heavy atom. The van der Waals surface area contributed by atoms with E-state index in [0.29, 0.717) is 0 Å². The van der Waals surface area contributed by atoms with Crippen LogP contribution in [0.3, 0.4) is 0 Å². The van der Waals surface area contributed by atoms with Crippen molar-refractivity contribution in [2.75, 3.05) is 29.6 Å². The summed E-state index contributed by atoms with van der Waals surface area (Å²) in [6.45, 7) is 4.30. The smallest absolute Gasteiger partial charge is 0.169 e. The molecule has 0 radical (unpaired) electrons. The molecule has 0 aliphatic carbocycles. The molecule has 0 saturated carbocycles. The van der Waals surface area contributed by atoms with E-state index in [0.717, 1.165) is 36.7 Å². The van der Waals surface area contributed by atoms with Crippen molar-refractivity contribution in [2.45, 2.75) is 6.92 Å². The maximum atomic E-state index is 13.2. The number of benzene rings is 3. The second-order valence-corrected chi connectivity index (χ2v) is 7.18. The van der Waals surface area contributed by atoms with E-state index in [1.54, 1.807) is 0 Å². The topological polar surface area (TPSA) is 23.6 Å². The molecule has 1 saturated heterocycles. The number of aryl methyl sites for hydroxylation is 1. The summed E-state index contributed by atoms with van der Waals surface area (Å²) >= 11 is 0. The second-order valence-electron chi connectivity index (χ2n) is 7.18. The first-order valence-corrected chi connectivity index (χ1v) is 9.41. The lowest BCUT2D eigenvalue weighted by Crippen LogP contribution is -2.52. The Bertz CT molecular complexity index is 843. The van der Waals surface area contributed by atoms with Gasteiger partial charge in [0.25, 0.3) is 0 Å². The van der Waals surface area contributed by atoms with Gasteiger partial charge in [0.15, 0.2) is 5.78 Å². The Balaban J connectivity index is 1.63. The lowest BCUT2D eigenvalue weighted by molar-refractivity contribution is 0.0919. The average Bonchev–Trinajstić information content (AvgIpc) is 2.75. The van der Waals surface area contributed by atoms with Gasteiger partial charge in [-0.2, -0.15) is 0 Å². The van der Waals surface area contributed by atoms with Crippen LogP contribution in [-0.2, 0) is 0 Å². The van der Waals surface area contributed by atoms with Gasteiger partial charge >= 0.3 is 0 Å². The Hall–Kier alpha value is -3.07. The molecule has 0 aromatic heterocycles. The highest BCUT2D eigenvalue weighted by Crippen LogP contribution is 2.26. The van der Waals surface area contributed by atoms with Gasteiger partial charge in [-0.3, -0.25) is 4.79 Å². The summed E-state index contributed by atoms with van der Waals surface area (Å²) in [5, 5.41) is 0. The Kier molecular flexibility index (Phi) is 4.93. The van der Waals surface area contributed by atoms with E-state index in [4.69, 9.17) is 0 Å². The lowest BCUT2D eigenvalue weighted by Gasteiger charge is -2.42. The third-order valence-electron chi connectivity index (χ3n) is 5.17. The van der Waals surface area contributed by atoms with Gasteiger partial charge in [0, 0.05) is 30.0 Å². The molecule has 136 valence electrons. The molecule has 1 heterocycles. The third-order valence-corrected chi connectivity index (χ3v) is 5.17. The quantitative estimate of drug-likeness (QED) is 0.629. The molecule has 3 nitrogen and oxygen atoms in total. The fraction of sp³-hybridized carbons (Fsp3) is 0.208. The number of carbonyl (C=O) groups excluding carboxylic acids is 1. The maximum Gasteiger partial charge on any atom is 0.169 e. The largest absolute Gasteiger partial charge is 0.353 e. The summed E-state index contributed by atoms with van der Waals surface area (Å²) in [7, 11) is 0. The van der Waals surface area contributed by atoms with Crippen molar-refractivity contribution in [2.24, 2.45) is 5.92 Å². The predicted molar refractivity (Wildman–Crippen MR) is 111 cm³/mol. The summed E-state index contributed by atoms with van der Waals surface area (Å²) in [6.07, 6.45) is 0. The van der Waals surface area contributed by atoms with E-state index in [1.165, 1.54) is 5.56 Å². The van der Waals surface area contributed by atoms with Gasteiger partial charge in [-0.1, -0.05) is 66.2 Å². The number of Topliss-reactive ketones (excluding diaryl/α,β-unsaturated/α-hetero) is 1. The normalized spacial score (nSPS) is 15.0. The first-order valence-electron chi connectivity index (χ1n) is 9.41. The maximum absolute atomic E-state index is 13.2. The molecule has 0 amide bonds. The first-order chi connectivity index (χ1) is 13.2. The molecular formula is C24H24N2O. The fourth-order valence-corrected chi connectivity index (χ4v) is 3.68. The van der Waals surface area contributed by atoms with Gasteiger partial charge in [-0.25, -0.2) is 0 Å². The van der Waals surface area contributed by atoms with Crippen LogP contribution in [0.1, 0.15) is 15.9 Å². The molecule has 3 aromatic rings. The zero-order chi connectivity index (χ0) is 18.6. The van der Waals surface area contributed by atoms with Crippen LogP contribution in [0.5, 0.6) is 0 Å². The second kappa shape index (κ2) is 7.67. The molecule has 4 rings (SSSR count). The molecule has 27 heavy (non-hydrogen) atoms. The van der Waals surface area contributed by atoms with Crippen molar-refractivity contribution >= 4 is 17.2 Å². The highest BCUT2D eigenvalue weighted by molar-refractivity contribution is 5.98. The van der Waals surface area contributed by atoms with Crippen LogP contribution in [0.15, 0.2) is 84.9 Å². The van der Waals surface area contributed by atoms with Gasteiger partial charge in [-0.05, 0) is 31.2 Å². The molecule has 3 aromatic carbocycles. The molecular weight excluding hydrogens is 332 g/mol. The van der Waals surface area contributed by atoms with Crippen molar-refractivity contribution in [1.82, 2.24) is 0 Å². The monoisotopic (exact) mass is 356 g/mol. The van der Waals surface area contributed by atoms with Crippen LogP contribution in [0, 0.1) is 12.8 Å². The van der Waals surface area contributed by atoms with Crippen molar-refractivity contribution in [1.29, 1.82) is 0 Å². The highest BCUT2D eigenvalue weighted by Gasteiger charge is 2.31. The van der Waals surface area contributed by atoms with Crippen LogP contribution in [0.2, 0.25) is 0 Å². The van der Waals surface area contributed by atoms with Gasteiger partial charge < -0.3 is 9.80 Å². The van der Waals surface area contributed by atoms with Crippen LogP contribution in [-0.4, -0.2) is 25.5 Å². The van der Waals surface area contributed by atoms with E-state index in [9.17, 15) is 4.79 Å². The first kappa shape index (κ1) is 17.3. The standard InChI is InChI=1S/C24H24N2O/c1-19-12-14-20(15-13-19)24(27)21-16-25(22-8-4-2-5-9-22)18-26(17-21)23-10-6-3-7-11-23/h2-15,21H,16-18H2,1H3. The minimum atomic E-state index is -0.0677. The average molecular weight is 356 g/mol. The van der Waals surface area contributed by atoms with Gasteiger partial charge in [0.1, 0.15) is 0 Å². The summed E-state index contributed by atoms with van der Waals surface area (Å²) < 4.78 is 0. The molecule has 1 aliphatic heterocycles. The lowest BCUT2D eigenvalue weighted by atomic mass is 9.94. The molecule has 3 heteroatoms. The molecule has 0 N–H and O–H groups in total. The van der Waals surface area contributed by atoms with Crippen molar-refractivity contribution in [3.05, 3.63) is 96.1 Å². The fourth-order valence-electron chi connectivity index (χ4n) is 3.68. The number of ketones is 1. The summed E-state index contributed by atoms with van der Waals surface area (Å²) in [6, 6.07) is 28.6. The van der Waals surface area contributed by atoms with Crippen LogP contribution >= 0.6 is 0 Å². The minimum absolute atomic E-state index is 0.0677. The van der Waals surface area contributed by atoms with E-state index in [1.807, 2.05) is 67.6 Å². The Morgan fingerprint density at radius 3 is 1.70 bits per heavy atom. The molecule has 1 fully saturated rings. The molecule has 0 unspecified atom stereocenters. The number of nitrogens with zero attached hydrogens (tertiary/aromatic N) is 2. The summed E-state index contributed by atoms with van der Waals surface area (Å²) in [5.74, 6) is 0.151. The van der Waals surface area contributed by atoms with Crippen LogP contribution in [0.25, 0.3) is 0 Å².